The lowest BCUT2D eigenvalue weighted by molar-refractivity contribution is -0.123. The highest BCUT2D eigenvalue weighted by atomic mass is 32.2. The van der Waals surface area contributed by atoms with Crippen LogP contribution in [-0.4, -0.2) is 63.4 Å². The summed E-state index contributed by atoms with van der Waals surface area (Å²) >= 11 is 1.62. The number of carbonyl (C=O) groups is 3. The first-order valence-corrected chi connectivity index (χ1v) is 13.7. The molecule has 0 radical (unpaired) electrons. The number of nitrogens with one attached hydrogen (secondary N) is 1. The summed E-state index contributed by atoms with van der Waals surface area (Å²) in [6.07, 6.45) is 4.19. The number of rotatable bonds is 10. The molecule has 0 bridgehead atoms. The summed E-state index contributed by atoms with van der Waals surface area (Å²) in [4.78, 5) is 44.1. The average Bonchev–Trinajstić information content (AvgIpc) is 3.47. The quantitative estimate of drug-likeness (QED) is 0.223. The Morgan fingerprint density at radius 1 is 1.26 bits per heavy atom. The second-order valence-electron chi connectivity index (χ2n) is 9.66. The Bertz CT molecular complexity index is 1430. The monoisotopic (exact) mass is 557 g/mol. The van der Waals surface area contributed by atoms with Crippen molar-refractivity contribution in [1.82, 2.24) is 15.5 Å². The number of phenolic OH excluding ortho intramolecular Hbond substituents is 2. The molecule has 3 N–H and O–H groups in total. The molecule has 2 atom stereocenters. The van der Waals surface area contributed by atoms with Crippen molar-refractivity contribution in [2.24, 2.45) is 0 Å². The molecule has 2 aromatic rings. The number of benzene rings is 1. The van der Waals surface area contributed by atoms with E-state index in [9.17, 15) is 24.6 Å². The first kappa shape index (κ1) is 28.4. The number of aromatic hydroxyl groups is 2. The highest BCUT2D eigenvalue weighted by Gasteiger charge is 2.56. The molecule has 208 valence electrons. The summed E-state index contributed by atoms with van der Waals surface area (Å²) in [5.41, 5.74) is -1.51. The topological polar surface area (TPSA) is 161 Å². The molecule has 0 fully saturated rings. The number of hydrogen-bond donors (Lipinski definition) is 3. The van der Waals surface area contributed by atoms with Crippen molar-refractivity contribution in [2.45, 2.75) is 52.0 Å². The van der Waals surface area contributed by atoms with E-state index in [0.717, 1.165) is 5.75 Å². The van der Waals surface area contributed by atoms with Crippen molar-refractivity contribution < 1.29 is 38.6 Å². The van der Waals surface area contributed by atoms with Crippen LogP contribution in [0.15, 0.2) is 27.6 Å². The number of ketones is 3. The number of methoxy groups -OCH3 is 1. The number of ether oxygens (including phenoxy) is 2. The maximum atomic E-state index is 14.1. The molecule has 39 heavy (non-hydrogen) atoms. The van der Waals surface area contributed by atoms with Crippen LogP contribution >= 0.6 is 11.8 Å². The molecule has 2 aliphatic rings. The van der Waals surface area contributed by atoms with Gasteiger partial charge in [-0.05, 0) is 46.1 Å². The minimum Gasteiger partial charge on any atom is -0.507 e. The first-order valence-electron chi connectivity index (χ1n) is 12.3. The summed E-state index contributed by atoms with van der Waals surface area (Å²) in [6.45, 7) is 6.25. The van der Waals surface area contributed by atoms with Gasteiger partial charge in [0.05, 0.1) is 17.7 Å². The molecule has 11 nitrogen and oxygen atoms in total. The number of thioether (sulfide) groups is 1. The van der Waals surface area contributed by atoms with Gasteiger partial charge in [0.2, 0.25) is 5.89 Å². The van der Waals surface area contributed by atoms with Gasteiger partial charge in [-0.1, -0.05) is 5.16 Å². The predicted molar refractivity (Wildman–Crippen MR) is 142 cm³/mol. The van der Waals surface area contributed by atoms with Gasteiger partial charge in [0.25, 0.3) is 0 Å². The van der Waals surface area contributed by atoms with E-state index < -0.39 is 34.6 Å². The predicted octanol–water partition coefficient (Wildman–Crippen LogP) is 3.22. The SMILES string of the molecule is COCCc1noc(C(CCSC)NC(C)=C2C(=O)C=C3Oc4c(C(C)=O)c(O)c(C)c(O)c4[C@@]3(C)C2=O)n1. The van der Waals surface area contributed by atoms with E-state index >= 15 is 0 Å². The van der Waals surface area contributed by atoms with Crippen LogP contribution in [0.3, 0.4) is 0 Å². The fourth-order valence-electron chi connectivity index (χ4n) is 4.89. The van der Waals surface area contributed by atoms with Crippen molar-refractivity contribution in [2.75, 3.05) is 25.7 Å². The van der Waals surface area contributed by atoms with Crippen LogP contribution in [0.4, 0.5) is 0 Å². The third-order valence-electron chi connectivity index (χ3n) is 7.07. The first-order chi connectivity index (χ1) is 18.5. The summed E-state index contributed by atoms with van der Waals surface area (Å²) < 4.78 is 16.4. The van der Waals surface area contributed by atoms with E-state index in [2.05, 4.69) is 15.5 Å². The molecule has 0 saturated carbocycles. The maximum Gasteiger partial charge on any atom is 0.249 e. The number of aromatic nitrogens is 2. The van der Waals surface area contributed by atoms with Crippen LogP contribution in [0.1, 0.15) is 66.4 Å². The molecule has 2 heterocycles. The average molecular weight is 558 g/mol. The Hall–Kier alpha value is -3.64. The molecule has 0 spiro atoms. The van der Waals surface area contributed by atoms with E-state index in [1.54, 1.807) is 25.8 Å². The van der Waals surface area contributed by atoms with Crippen LogP contribution in [-0.2, 0) is 26.2 Å². The Labute approximate surface area is 229 Å². The number of carbonyl (C=O) groups excluding carboxylic acids is 3. The largest absolute Gasteiger partial charge is 0.507 e. The van der Waals surface area contributed by atoms with E-state index in [-0.39, 0.29) is 39.5 Å². The van der Waals surface area contributed by atoms with Crippen LogP contribution in [0, 0.1) is 6.92 Å². The van der Waals surface area contributed by atoms with Crippen molar-refractivity contribution in [1.29, 1.82) is 0 Å². The number of allylic oxidation sites excluding steroid dienone is 4. The summed E-state index contributed by atoms with van der Waals surface area (Å²) in [7, 11) is 1.58. The number of hydrogen-bond acceptors (Lipinski definition) is 12. The van der Waals surface area contributed by atoms with Crippen molar-refractivity contribution in [3.63, 3.8) is 0 Å². The lowest BCUT2D eigenvalue weighted by atomic mass is 9.70. The normalized spacial score (nSPS) is 20.2. The maximum absolute atomic E-state index is 14.1. The number of nitrogens with zero attached hydrogens (tertiary/aromatic N) is 2. The van der Waals surface area contributed by atoms with Gasteiger partial charge in [-0.3, -0.25) is 14.4 Å². The molecule has 1 unspecified atom stereocenters. The molecule has 0 saturated heterocycles. The van der Waals surface area contributed by atoms with E-state index in [1.807, 2.05) is 6.26 Å². The molecule has 1 aromatic heterocycles. The molecule has 1 aliphatic carbocycles. The van der Waals surface area contributed by atoms with E-state index in [1.165, 1.54) is 26.8 Å². The van der Waals surface area contributed by atoms with Crippen LogP contribution < -0.4 is 10.1 Å². The van der Waals surface area contributed by atoms with Gasteiger partial charge in [0.1, 0.15) is 40.0 Å². The molecule has 1 aromatic carbocycles. The Morgan fingerprint density at radius 2 is 1.97 bits per heavy atom. The molecule has 4 rings (SSSR count). The molecular weight excluding hydrogens is 526 g/mol. The van der Waals surface area contributed by atoms with E-state index in [0.29, 0.717) is 36.9 Å². The second kappa shape index (κ2) is 10.9. The molecule has 12 heteroatoms. The smallest absolute Gasteiger partial charge is 0.249 e. The molecule has 0 amide bonds. The minimum atomic E-state index is -1.60. The molecular formula is C27H31N3O8S. The minimum absolute atomic E-state index is 0.0227. The van der Waals surface area contributed by atoms with Crippen LogP contribution in [0.2, 0.25) is 0 Å². The second-order valence-corrected chi connectivity index (χ2v) is 10.6. The van der Waals surface area contributed by atoms with Gasteiger partial charge in [0, 0.05) is 30.9 Å². The van der Waals surface area contributed by atoms with E-state index in [4.69, 9.17) is 14.0 Å². The fourth-order valence-corrected chi connectivity index (χ4v) is 5.36. The van der Waals surface area contributed by atoms with Gasteiger partial charge in [-0.25, -0.2) is 0 Å². The van der Waals surface area contributed by atoms with Crippen LogP contribution in [0.5, 0.6) is 17.2 Å². The Balaban J connectivity index is 1.77. The number of phenols is 2. The summed E-state index contributed by atoms with van der Waals surface area (Å²) in [5, 5.41) is 28.7. The Kier molecular flexibility index (Phi) is 7.89. The summed E-state index contributed by atoms with van der Waals surface area (Å²) in [6, 6.07) is -0.475. The standard InChI is InChI=1S/C27H31N3O8S/c1-12-22(33)20(14(3)31)24-21(23(12)34)27(4)17(37-24)11-16(32)19(25(27)35)13(2)28-15(8-10-39-6)26-29-18(30-38-26)7-9-36-5/h11,15,28,33-34H,7-10H2,1-6H3/t15?,27-/m0/s1. The Morgan fingerprint density at radius 3 is 2.62 bits per heavy atom. The van der Waals surface area contributed by atoms with Crippen molar-refractivity contribution in [3.05, 3.63) is 51.5 Å². The number of fused-ring (bicyclic) bond motifs is 3. The zero-order valence-corrected chi connectivity index (χ0v) is 23.4. The highest BCUT2D eigenvalue weighted by molar-refractivity contribution is 7.98. The van der Waals surface area contributed by atoms with Crippen molar-refractivity contribution in [3.8, 4) is 17.2 Å². The van der Waals surface area contributed by atoms with Gasteiger partial charge < -0.3 is 29.5 Å². The highest BCUT2D eigenvalue weighted by Crippen LogP contribution is 2.57. The van der Waals surface area contributed by atoms with Crippen molar-refractivity contribution >= 4 is 29.1 Å². The zero-order valence-electron chi connectivity index (χ0n) is 22.6. The fraction of sp³-hybridized carbons (Fsp3) is 0.444. The number of Topliss-reactive ketones (excluding diaryl/α,β-unsaturated/α-hetero) is 2. The lowest BCUT2D eigenvalue weighted by Gasteiger charge is -2.29. The zero-order chi connectivity index (χ0) is 28.6. The lowest BCUT2D eigenvalue weighted by Crippen LogP contribution is -2.41. The van der Waals surface area contributed by atoms with Gasteiger partial charge in [-0.2, -0.15) is 16.7 Å². The third-order valence-corrected chi connectivity index (χ3v) is 7.72. The third kappa shape index (κ3) is 4.71. The molecule has 1 aliphatic heterocycles. The van der Waals surface area contributed by atoms with Gasteiger partial charge >= 0.3 is 0 Å². The van der Waals surface area contributed by atoms with Crippen LogP contribution in [0.25, 0.3) is 0 Å². The summed E-state index contributed by atoms with van der Waals surface area (Å²) in [5.74, 6) is -1.14. The van der Waals surface area contributed by atoms with Gasteiger partial charge in [0.15, 0.2) is 23.2 Å². The van der Waals surface area contributed by atoms with Gasteiger partial charge in [-0.15, -0.1) is 0 Å².